The van der Waals surface area contributed by atoms with Gasteiger partial charge in [-0.2, -0.15) is 0 Å². The van der Waals surface area contributed by atoms with Crippen molar-refractivity contribution < 1.29 is 0 Å². The van der Waals surface area contributed by atoms with Crippen LogP contribution in [0.2, 0.25) is 0 Å². The number of nitrogens with one attached hydrogen (secondary N) is 2. The van der Waals surface area contributed by atoms with Crippen LogP contribution in [-0.4, -0.2) is 19.9 Å². The highest BCUT2D eigenvalue weighted by Gasteiger charge is 1.97. The van der Waals surface area contributed by atoms with Gasteiger partial charge in [0.25, 0.3) is 0 Å². The molecular weight excluding hydrogens is 344 g/mol. The molecule has 4 nitrogen and oxygen atoms in total. The molecule has 0 atom stereocenters. The molecule has 0 saturated heterocycles. The first-order valence-electron chi connectivity index (χ1n) is 9.17. The summed E-state index contributed by atoms with van der Waals surface area (Å²) in [6.45, 7) is 0. The monoisotopic (exact) mass is 362 g/mol. The molecule has 0 amide bonds. The van der Waals surface area contributed by atoms with Crippen molar-refractivity contribution in [3.05, 3.63) is 95.6 Å². The van der Waals surface area contributed by atoms with E-state index in [1.54, 1.807) is 0 Å². The molecule has 8 bridgehead atoms. The van der Waals surface area contributed by atoms with E-state index in [1.807, 2.05) is 66.9 Å². The number of aromatic nitrogens is 4. The molecule has 3 aromatic heterocycles. The number of H-pyrrole nitrogens is 2. The smallest absolute Gasteiger partial charge is 0.0658 e. The maximum atomic E-state index is 4.63. The summed E-state index contributed by atoms with van der Waals surface area (Å²) in [7, 11) is 0. The molecule has 1 aliphatic carbocycles. The summed E-state index contributed by atoms with van der Waals surface area (Å²) < 4.78 is 0. The van der Waals surface area contributed by atoms with E-state index in [-0.39, 0.29) is 0 Å². The zero-order chi connectivity index (χ0) is 18.8. The normalized spacial score (nSPS) is 12.0. The van der Waals surface area contributed by atoms with Gasteiger partial charge < -0.3 is 9.97 Å². The van der Waals surface area contributed by atoms with Gasteiger partial charge in [-0.1, -0.05) is 12.1 Å². The van der Waals surface area contributed by atoms with Crippen LogP contribution in [0.5, 0.6) is 0 Å². The second-order valence-corrected chi connectivity index (χ2v) is 6.69. The summed E-state index contributed by atoms with van der Waals surface area (Å²) in [5.41, 5.74) is 8.04. The lowest BCUT2D eigenvalue weighted by atomic mass is 10.3. The van der Waals surface area contributed by atoms with E-state index in [0.717, 1.165) is 44.7 Å². The Kier molecular flexibility index (Phi) is 4.07. The van der Waals surface area contributed by atoms with E-state index in [9.17, 15) is 0 Å². The Bertz CT molecular complexity index is 1220. The molecular formula is C24H18N4. The van der Waals surface area contributed by atoms with Gasteiger partial charge in [-0.3, -0.25) is 4.98 Å². The van der Waals surface area contributed by atoms with E-state index in [1.165, 1.54) is 0 Å². The van der Waals surface area contributed by atoms with Crippen molar-refractivity contribution in [2.45, 2.75) is 0 Å². The van der Waals surface area contributed by atoms with Crippen LogP contribution in [0.3, 0.4) is 0 Å². The van der Waals surface area contributed by atoms with Gasteiger partial charge in [0.2, 0.25) is 0 Å². The van der Waals surface area contributed by atoms with E-state index >= 15 is 0 Å². The van der Waals surface area contributed by atoms with E-state index in [4.69, 9.17) is 0 Å². The molecule has 0 aromatic carbocycles. The van der Waals surface area contributed by atoms with Crippen LogP contribution < -0.4 is 0 Å². The lowest BCUT2D eigenvalue weighted by molar-refractivity contribution is 1.32. The third-order valence-corrected chi connectivity index (χ3v) is 4.55. The third-order valence-electron chi connectivity index (χ3n) is 4.55. The Morgan fingerprint density at radius 1 is 0.536 bits per heavy atom. The topological polar surface area (TPSA) is 57.4 Å². The van der Waals surface area contributed by atoms with E-state index < -0.39 is 0 Å². The molecule has 5 rings (SSSR count). The zero-order valence-corrected chi connectivity index (χ0v) is 15.1. The van der Waals surface area contributed by atoms with Crippen LogP contribution in [0.1, 0.15) is 22.6 Å². The number of rotatable bonds is 0. The Hall–Kier alpha value is -3.92. The minimum atomic E-state index is 0.928. The SMILES string of the molecule is C1=Cc2cc1cc1ccc(cccc3nc(cc4ccc(ccn2)[nH]4)C=C3)[nH]1. The number of nitrogens with zero attached hydrogens (tertiary/aromatic N) is 2. The van der Waals surface area contributed by atoms with Gasteiger partial charge >= 0.3 is 0 Å². The molecule has 0 unspecified atom stereocenters. The number of fused-ring (bicyclic) bond motifs is 8. The van der Waals surface area contributed by atoms with Crippen molar-refractivity contribution >= 4 is 46.4 Å². The second-order valence-electron chi connectivity index (χ2n) is 6.69. The molecule has 3 aromatic rings. The number of aromatic amines is 2. The number of hydrogen-bond acceptors (Lipinski definition) is 2. The minimum Gasteiger partial charge on any atom is -0.356 e. The van der Waals surface area contributed by atoms with Crippen molar-refractivity contribution in [3.8, 4) is 0 Å². The fraction of sp³-hybridized carbons (Fsp3) is 0. The average molecular weight is 362 g/mol. The lowest BCUT2D eigenvalue weighted by Gasteiger charge is -1.83. The summed E-state index contributed by atoms with van der Waals surface area (Å²) in [6, 6.07) is 22.4. The van der Waals surface area contributed by atoms with Crippen molar-refractivity contribution in [1.29, 1.82) is 0 Å². The van der Waals surface area contributed by atoms with Crippen LogP contribution in [0, 0.1) is 0 Å². The highest BCUT2D eigenvalue weighted by molar-refractivity contribution is 5.76. The second kappa shape index (κ2) is 7.00. The predicted octanol–water partition coefficient (Wildman–Crippen LogP) is 5.78. The fourth-order valence-corrected chi connectivity index (χ4v) is 3.20. The molecule has 1 aliphatic heterocycles. The Morgan fingerprint density at radius 2 is 1.25 bits per heavy atom. The summed E-state index contributed by atoms with van der Waals surface area (Å²) in [4.78, 5) is 15.9. The van der Waals surface area contributed by atoms with Gasteiger partial charge in [-0.05, 0) is 84.5 Å². The van der Waals surface area contributed by atoms with Crippen molar-refractivity contribution in [2.75, 3.05) is 0 Å². The summed E-state index contributed by atoms with van der Waals surface area (Å²) in [5, 5.41) is 0. The van der Waals surface area contributed by atoms with Crippen molar-refractivity contribution in [1.82, 2.24) is 19.9 Å². The third kappa shape index (κ3) is 3.62. The number of hydrogen-bond donors (Lipinski definition) is 2. The highest BCUT2D eigenvalue weighted by Crippen LogP contribution is 2.15. The first kappa shape index (κ1) is 16.3. The van der Waals surface area contributed by atoms with Crippen molar-refractivity contribution in [2.24, 2.45) is 0 Å². The van der Waals surface area contributed by atoms with Gasteiger partial charge in [0.15, 0.2) is 0 Å². The quantitative estimate of drug-likeness (QED) is 0.367. The van der Waals surface area contributed by atoms with Gasteiger partial charge in [-0.25, -0.2) is 4.98 Å². The summed E-state index contributed by atoms with van der Waals surface area (Å²) >= 11 is 0. The zero-order valence-electron chi connectivity index (χ0n) is 15.1. The van der Waals surface area contributed by atoms with Crippen molar-refractivity contribution in [3.63, 3.8) is 0 Å². The molecule has 0 saturated carbocycles. The highest BCUT2D eigenvalue weighted by atomic mass is 14.7. The van der Waals surface area contributed by atoms with E-state index in [0.29, 0.717) is 0 Å². The average Bonchev–Trinajstić information content (AvgIpc) is 3.46. The fourth-order valence-electron chi connectivity index (χ4n) is 3.20. The van der Waals surface area contributed by atoms with Crippen LogP contribution >= 0.6 is 0 Å². The largest absolute Gasteiger partial charge is 0.356 e. The van der Waals surface area contributed by atoms with Gasteiger partial charge in [-0.15, -0.1) is 0 Å². The van der Waals surface area contributed by atoms with Gasteiger partial charge in [0.05, 0.1) is 17.1 Å². The predicted molar refractivity (Wildman–Crippen MR) is 116 cm³/mol. The molecule has 2 aliphatic rings. The minimum absolute atomic E-state index is 0.928. The molecule has 134 valence electrons. The molecule has 28 heavy (non-hydrogen) atoms. The Morgan fingerprint density at radius 3 is 2.14 bits per heavy atom. The van der Waals surface area contributed by atoms with Crippen LogP contribution in [0.4, 0.5) is 0 Å². The molecule has 0 radical (unpaired) electrons. The van der Waals surface area contributed by atoms with Crippen LogP contribution in [-0.2, 0) is 0 Å². The molecule has 4 heteroatoms. The first-order chi connectivity index (χ1) is 13.8. The maximum Gasteiger partial charge on any atom is 0.0658 e. The molecule has 0 fully saturated rings. The van der Waals surface area contributed by atoms with Crippen LogP contribution in [0.15, 0.2) is 72.9 Å². The first-order valence-corrected chi connectivity index (χ1v) is 9.17. The molecule has 0 spiro atoms. The molecule has 2 N–H and O–H groups in total. The van der Waals surface area contributed by atoms with Gasteiger partial charge in [0.1, 0.15) is 0 Å². The summed E-state index contributed by atoms with van der Waals surface area (Å²) in [6.07, 6.45) is 9.94. The Balaban J connectivity index is 1.71. The Labute approximate surface area is 162 Å². The maximum absolute atomic E-state index is 4.63. The van der Waals surface area contributed by atoms with E-state index in [2.05, 4.69) is 50.3 Å². The molecule has 4 heterocycles. The lowest BCUT2D eigenvalue weighted by Crippen LogP contribution is -1.72. The van der Waals surface area contributed by atoms with Crippen LogP contribution in [0.25, 0.3) is 46.4 Å². The summed E-state index contributed by atoms with van der Waals surface area (Å²) in [5.74, 6) is 0. The standard InChI is InChI=1S/C24H18N4/c1-2-18-6-9-22(26-18)15-17-4-5-21(14-17)25-13-12-20-8-11-24(28-20)16-23-10-7-19(3-1)27-23/h1-16,26,28H. The van der Waals surface area contributed by atoms with Gasteiger partial charge in [0, 0.05) is 28.3 Å².